The van der Waals surface area contributed by atoms with Crippen molar-refractivity contribution >= 4 is 29.9 Å². The second-order valence-electron chi connectivity index (χ2n) is 5.75. The molecule has 1 aromatic rings. The number of rotatable bonds is 13. The van der Waals surface area contributed by atoms with Gasteiger partial charge in [-0.05, 0) is 31.4 Å². The van der Waals surface area contributed by atoms with Crippen molar-refractivity contribution in [2.24, 2.45) is 4.99 Å². The van der Waals surface area contributed by atoms with Crippen LogP contribution in [-0.2, 0) is 15.9 Å². The van der Waals surface area contributed by atoms with Crippen LogP contribution in [0.15, 0.2) is 23.2 Å². The standard InChI is InChI=1S/C19H31F2N3O2.HI/c1-3-5-11-25-13-14-26-12-10-24-19(22-4-2)23-9-8-16-6-7-17(20)15-18(16)21;/h6-7,15H,3-5,8-14H2,1-2H3,(H2,22,23,24);1H. The van der Waals surface area contributed by atoms with Gasteiger partial charge in [-0.3, -0.25) is 4.99 Å². The lowest BCUT2D eigenvalue weighted by atomic mass is 10.1. The first-order valence-corrected chi connectivity index (χ1v) is 9.29. The highest BCUT2D eigenvalue weighted by molar-refractivity contribution is 14.0. The van der Waals surface area contributed by atoms with Gasteiger partial charge < -0.3 is 20.1 Å². The van der Waals surface area contributed by atoms with Crippen LogP contribution in [-0.4, -0.2) is 52.0 Å². The zero-order valence-electron chi connectivity index (χ0n) is 16.2. The summed E-state index contributed by atoms with van der Waals surface area (Å²) in [5.74, 6) is -0.439. The average molecular weight is 499 g/mol. The third-order valence-corrected chi connectivity index (χ3v) is 3.57. The van der Waals surface area contributed by atoms with E-state index in [9.17, 15) is 8.78 Å². The number of nitrogens with one attached hydrogen (secondary N) is 2. The predicted molar refractivity (Wildman–Crippen MR) is 116 cm³/mol. The molecule has 5 nitrogen and oxygen atoms in total. The van der Waals surface area contributed by atoms with Crippen molar-refractivity contribution in [2.45, 2.75) is 33.1 Å². The van der Waals surface area contributed by atoms with Gasteiger partial charge in [-0.1, -0.05) is 19.4 Å². The summed E-state index contributed by atoms with van der Waals surface area (Å²) in [7, 11) is 0. The second kappa shape index (κ2) is 17.1. The minimum atomic E-state index is -0.565. The molecular formula is C19H32F2IN3O2. The van der Waals surface area contributed by atoms with Gasteiger partial charge >= 0.3 is 0 Å². The Hall–Kier alpha value is -1.00. The normalized spacial score (nSPS) is 11.2. The Labute approximate surface area is 178 Å². The molecule has 1 rings (SSSR count). The molecule has 0 bridgehead atoms. The fraction of sp³-hybridized carbons (Fsp3) is 0.632. The van der Waals surface area contributed by atoms with E-state index in [0.717, 1.165) is 32.1 Å². The molecule has 0 atom stereocenters. The molecule has 2 N–H and O–H groups in total. The van der Waals surface area contributed by atoms with E-state index in [1.165, 1.54) is 12.1 Å². The predicted octanol–water partition coefficient (Wildman–Crippen LogP) is 3.51. The number of halogens is 3. The molecule has 0 amide bonds. The number of guanidine groups is 1. The molecule has 0 saturated heterocycles. The molecule has 0 unspecified atom stereocenters. The van der Waals surface area contributed by atoms with Crippen molar-refractivity contribution in [3.05, 3.63) is 35.4 Å². The Morgan fingerprint density at radius 2 is 1.78 bits per heavy atom. The molecule has 0 aliphatic rings. The summed E-state index contributed by atoms with van der Waals surface area (Å²) in [4.78, 5) is 4.40. The van der Waals surface area contributed by atoms with Crippen LogP contribution in [0.3, 0.4) is 0 Å². The van der Waals surface area contributed by atoms with Crippen molar-refractivity contribution in [2.75, 3.05) is 46.1 Å². The van der Waals surface area contributed by atoms with Gasteiger partial charge in [-0.2, -0.15) is 0 Å². The molecule has 0 spiro atoms. The smallest absolute Gasteiger partial charge is 0.191 e. The number of benzene rings is 1. The van der Waals surface area contributed by atoms with Crippen LogP contribution in [0.25, 0.3) is 0 Å². The van der Waals surface area contributed by atoms with Crippen molar-refractivity contribution in [1.82, 2.24) is 10.6 Å². The number of aliphatic imine (C=N–C) groups is 1. The first-order valence-electron chi connectivity index (χ1n) is 9.29. The summed E-state index contributed by atoms with van der Waals surface area (Å²) in [6, 6.07) is 3.63. The Kier molecular flexibility index (Phi) is 16.5. The monoisotopic (exact) mass is 499 g/mol. The van der Waals surface area contributed by atoms with Crippen molar-refractivity contribution in [1.29, 1.82) is 0 Å². The van der Waals surface area contributed by atoms with Gasteiger partial charge in [0, 0.05) is 25.8 Å². The van der Waals surface area contributed by atoms with Gasteiger partial charge in [0.05, 0.1) is 26.4 Å². The van der Waals surface area contributed by atoms with E-state index in [2.05, 4.69) is 22.5 Å². The Morgan fingerprint density at radius 3 is 2.44 bits per heavy atom. The van der Waals surface area contributed by atoms with Crippen LogP contribution in [0.4, 0.5) is 8.78 Å². The van der Waals surface area contributed by atoms with Gasteiger partial charge in [0.25, 0.3) is 0 Å². The van der Waals surface area contributed by atoms with Crippen LogP contribution < -0.4 is 10.6 Å². The van der Waals surface area contributed by atoms with E-state index < -0.39 is 11.6 Å². The van der Waals surface area contributed by atoms with Gasteiger partial charge in [-0.25, -0.2) is 8.78 Å². The molecule has 27 heavy (non-hydrogen) atoms. The third kappa shape index (κ3) is 12.9. The Balaban J connectivity index is 0.00000676. The highest BCUT2D eigenvalue weighted by atomic mass is 127. The second-order valence-corrected chi connectivity index (χ2v) is 5.75. The summed E-state index contributed by atoms with van der Waals surface area (Å²) in [6.07, 6.45) is 2.65. The summed E-state index contributed by atoms with van der Waals surface area (Å²) < 4.78 is 37.4. The van der Waals surface area contributed by atoms with Crippen LogP contribution in [0.1, 0.15) is 32.3 Å². The number of hydrogen-bond donors (Lipinski definition) is 2. The summed E-state index contributed by atoms with van der Waals surface area (Å²) >= 11 is 0. The topological polar surface area (TPSA) is 54.9 Å². The zero-order chi connectivity index (χ0) is 19.0. The number of hydrogen-bond acceptors (Lipinski definition) is 3. The maximum absolute atomic E-state index is 13.6. The molecule has 8 heteroatoms. The maximum Gasteiger partial charge on any atom is 0.191 e. The number of ether oxygens (including phenoxy) is 2. The van der Waals surface area contributed by atoms with Crippen molar-refractivity contribution in [3.63, 3.8) is 0 Å². The molecule has 0 fully saturated rings. The quantitative estimate of drug-likeness (QED) is 0.189. The summed E-state index contributed by atoms with van der Waals surface area (Å²) in [5, 5.41) is 6.26. The highest BCUT2D eigenvalue weighted by Gasteiger charge is 2.04. The fourth-order valence-corrected chi connectivity index (χ4v) is 2.17. The molecule has 0 radical (unpaired) electrons. The summed E-state index contributed by atoms with van der Waals surface area (Å²) in [5.41, 5.74) is 0.473. The minimum Gasteiger partial charge on any atom is -0.379 e. The lowest BCUT2D eigenvalue weighted by Crippen LogP contribution is -2.38. The Morgan fingerprint density at radius 1 is 1.04 bits per heavy atom. The van der Waals surface area contributed by atoms with E-state index >= 15 is 0 Å². The lowest BCUT2D eigenvalue weighted by Gasteiger charge is -2.12. The SMILES string of the molecule is CCCCOCCOCCN=C(NCC)NCCc1ccc(F)cc1F.I. The third-order valence-electron chi connectivity index (χ3n) is 3.57. The summed E-state index contributed by atoms with van der Waals surface area (Å²) in [6.45, 7) is 8.31. The van der Waals surface area contributed by atoms with Crippen molar-refractivity contribution in [3.8, 4) is 0 Å². The largest absolute Gasteiger partial charge is 0.379 e. The van der Waals surface area contributed by atoms with Crippen LogP contribution >= 0.6 is 24.0 Å². The van der Waals surface area contributed by atoms with Crippen LogP contribution in [0, 0.1) is 11.6 Å². The first kappa shape index (κ1) is 26.0. The van der Waals surface area contributed by atoms with E-state index in [0.29, 0.717) is 50.9 Å². The molecule has 0 aliphatic carbocycles. The highest BCUT2D eigenvalue weighted by Crippen LogP contribution is 2.09. The fourth-order valence-electron chi connectivity index (χ4n) is 2.17. The zero-order valence-corrected chi connectivity index (χ0v) is 18.6. The minimum absolute atomic E-state index is 0. The van der Waals surface area contributed by atoms with Gasteiger partial charge in [-0.15, -0.1) is 24.0 Å². The van der Waals surface area contributed by atoms with E-state index in [-0.39, 0.29) is 24.0 Å². The number of nitrogens with zero attached hydrogens (tertiary/aromatic N) is 1. The molecule has 0 heterocycles. The van der Waals surface area contributed by atoms with Gasteiger partial charge in [0.1, 0.15) is 11.6 Å². The van der Waals surface area contributed by atoms with Crippen molar-refractivity contribution < 1.29 is 18.3 Å². The lowest BCUT2D eigenvalue weighted by molar-refractivity contribution is 0.0497. The van der Waals surface area contributed by atoms with Gasteiger partial charge in [0.15, 0.2) is 5.96 Å². The molecule has 1 aromatic carbocycles. The maximum atomic E-state index is 13.6. The molecule has 156 valence electrons. The van der Waals surface area contributed by atoms with E-state index in [1.54, 1.807) is 0 Å². The van der Waals surface area contributed by atoms with Gasteiger partial charge in [0.2, 0.25) is 0 Å². The van der Waals surface area contributed by atoms with Crippen LogP contribution in [0.5, 0.6) is 0 Å². The first-order chi connectivity index (χ1) is 12.7. The van der Waals surface area contributed by atoms with Crippen LogP contribution in [0.2, 0.25) is 0 Å². The molecule has 0 aliphatic heterocycles. The molecule has 0 saturated carbocycles. The van der Waals surface area contributed by atoms with E-state index in [1.807, 2.05) is 6.92 Å². The van der Waals surface area contributed by atoms with E-state index in [4.69, 9.17) is 9.47 Å². The molecular weight excluding hydrogens is 467 g/mol. The molecule has 0 aromatic heterocycles. The number of unbranched alkanes of at least 4 members (excludes halogenated alkanes) is 1. The average Bonchev–Trinajstić information content (AvgIpc) is 2.62. The Bertz CT molecular complexity index is 534.